The Morgan fingerprint density at radius 1 is 1.06 bits per heavy atom. The molecule has 5 nitrogen and oxygen atoms in total. The summed E-state index contributed by atoms with van der Waals surface area (Å²) in [6.45, 7) is 4.37. The summed E-state index contributed by atoms with van der Waals surface area (Å²) in [6.07, 6.45) is 3.17. The predicted molar refractivity (Wildman–Crippen MR) is 121 cm³/mol. The number of carbonyl (C=O) groups excluding carboxylic acids is 2. The molecule has 1 aromatic heterocycles. The summed E-state index contributed by atoms with van der Waals surface area (Å²) in [6, 6.07) is 14.0. The summed E-state index contributed by atoms with van der Waals surface area (Å²) >= 11 is 1.24. The lowest BCUT2D eigenvalue weighted by atomic mass is 9.97. The Hall–Kier alpha value is -2.67. The number of benzene rings is 2. The molecule has 2 atom stereocenters. The second-order valence-corrected chi connectivity index (χ2v) is 9.03. The third-order valence-corrected chi connectivity index (χ3v) is 6.88. The topological polar surface area (TPSA) is 55.2 Å². The number of fused-ring (bicyclic) bond motifs is 1. The van der Waals surface area contributed by atoms with Gasteiger partial charge in [-0.3, -0.25) is 9.59 Å². The van der Waals surface area contributed by atoms with Crippen LogP contribution in [0.1, 0.15) is 43.5 Å². The largest absolute Gasteiger partial charge is 0.336 e. The lowest BCUT2D eigenvalue weighted by Gasteiger charge is -2.39. The highest BCUT2D eigenvalue weighted by atomic mass is 32.2. The van der Waals surface area contributed by atoms with E-state index >= 15 is 0 Å². The van der Waals surface area contributed by atoms with Gasteiger partial charge in [-0.25, -0.2) is 9.37 Å². The van der Waals surface area contributed by atoms with Crippen molar-refractivity contribution < 1.29 is 14.0 Å². The van der Waals surface area contributed by atoms with E-state index in [-0.39, 0.29) is 41.6 Å². The van der Waals surface area contributed by atoms with E-state index in [9.17, 15) is 14.0 Å². The number of imidazole rings is 1. The van der Waals surface area contributed by atoms with E-state index in [1.54, 1.807) is 12.1 Å². The maximum Gasteiger partial charge on any atom is 0.243 e. The van der Waals surface area contributed by atoms with Crippen LogP contribution in [0.4, 0.5) is 4.39 Å². The van der Waals surface area contributed by atoms with E-state index in [0.717, 1.165) is 30.3 Å². The summed E-state index contributed by atoms with van der Waals surface area (Å²) in [7, 11) is 0. The van der Waals surface area contributed by atoms with Crippen LogP contribution in [-0.2, 0) is 11.3 Å². The molecule has 0 aliphatic carbocycles. The molecule has 1 aliphatic rings. The lowest BCUT2D eigenvalue weighted by Crippen LogP contribution is -2.48. The van der Waals surface area contributed by atoms with Gasteiger partial charge in [0, 0.05) is 12.1 Å². The summed E-state index contributed by atoms with van der Waals surface area (Å²) < 4.78 is 15.8. The average Bonchev–Trinajstić information content (AvgIpc) is 3.09. The number of rotatable bonds is 6. The van der Waals surface area contributed by atoms with Crippen molar-refractivity contribution in [2.75, 3.05) is 5.75 Å². The molecular formula is C24H26FN3O2S. The zero-order valence-electron chi connectivity index (χ0n) is 17.8. The Morgan fingerprint density at radius 2 is 1.74 bits per heavy atom. The minimum atomic E-state index is -0.523. The van der Waals surface area contributed by atoms with Crippen LogP contribution in [0.2, 0.25) is 0 Å². The monoisotopic (exact) mass is 439 g/mol. The van der Waals surface area contributed by atoms with Gasteiger partial charge in [0.25, 0.3) is 0 Å². The number of halogens is 1. The first-order valence-electron chi connectivity index (χ1n) is 10.6. The van der Waals surface area contributed by atoms with Crippen LogP contribution in [0.15, 0.2) is 53.7 Å². The van der Waals surface area contributed by atoms with E-state index in [1.807, 2.05) is 33.7 Å². The molecule has 0 radical (unpaired) electrons. The molecule has 3 aromatic rings. The summed E-state index contributed by atoms with van der Waals surface area (Å²) in [5.74, 6) is -0.712. The van der Waals surface area contributed by atoms with Crippen LogP contribution < -0.4 is 0 Å². The zero-order valence-corrected chi connectivity index (χ0v) is 18.6. The molecule has 0 unspecified atom stereocenters. The number of nitrogens with zero attached hydrogens (tertiary/aromatic N) is 3. The molecule has 2 heterocycles. The van der Waals surface area contributed by atoms with Gasteiger partial charge in [-0.05, 0) is 57.4 Å². The smallest absolute Gasteiger partial charge is 0.243 e. The van der Waals surface area contributed by atoms with Crippen molar-refractivity contribution in [1.82, 2.24) is 14.5 Å². The van der Waals surface area contributed by atoms with E-state index in [2.05, 4.69) is 18.8 Å². The maximum atomic E-state index is 14.0. The number of para-hydroxylation sites is 2. The molecule has 1 saturated heterocycles. The minimum absolute atomic E-state index is 0.0506. The molecule has 31 heavy (non-hydrogen) atoms. The molecule has 1 fully saturated rings. The van der Waals surface area contributed by atoms with Crippen molar-refractivity contribution in [1.29, 1.82) is 0 Å². The third kappa shape index (κ3) is 4.51. The Labute approximate surface area is 185 Å². The number of piperidine rings is 1. The predicted octanol–water partition coefficient (Wildman–Crippen LogP) is 4.94. The lowest BCUT2D eigenvalue weighted by molar-refractivity contribution is -0.138. The average molecular weight is 440 g/mol. The van der Waals surface area contributed by atoms with Gasteiger partial charge in [-0.2, -0.15) is 0 Å². The van der Waals surface area contributed by atoms with Gasteiger partial charge in [0.05, 0.1) is 22.3 Å². The number of aromatic nitrogens is 2. The molecule has 0 spiro atoms. The van der Waals surface area contributed by atoms with E-state index < -0.39 is 5.82 Å². The fraction of sp³-hybridized carbons (Fsp3) is 0.375. The van der Waals surface area contributed by atoms with Crippen molar-refractivity contribution in [2.24, 2.45) is 0 Å². The van der Waals surface area contributed by atoms with Gasteiger partial charge in [0.1, 0.15) is 12.4 Å². The number of hydrogen-bond donors (Lipinski definition) is 0. The quantitative estimate of drug-likeness (QED) is 0.403. The number of hydrogen-bond acceptors (Lipinski definition) is 4. The third-order valence-electron chi connectivity index (χ3n) is 5.90. The minimum Gasteiger partial charge on any atom is -0.336 e. The van der Waals surface area contributed by atoms with Crippen molar-refractivity contribution in [3.8, 4) is 0 Å². The normalized spacial score (nSPS) is 19.0. The van der Waals surface area contributed by atoms with Gasteiger partial charge in [0.2, 0.25) is 5.91 Å². The van der Waals surface area contributed by atoms with Crippen LogP contribution in [0, 0.1) is 5.82 Å². The highest BCUT2D eigenvalue weighted by Crippen LogP contribution is 2.27. The van der Waals surface area contributed by atoms with E-state index in [1.165, 1.54) is 23.9 Å². The molecule has 0 saturated carbocycles. The summed E-state index contributed by atoms with van der Waals surface area (Å²) in [5.41, 5.74) is 1.70. The Morgan fingerprint density at radius 3 is 2.48 bits per heavy atom. The molecule has 7 heteroatoms. The van der Waals surface area contributed by atoms with Crippen molar-refractivity contribution in [2.45, 2.75) is 56.9 Å². The molecular weight excluding hydrogens is 413 g/mol. The number of likely N-dealkylation sites (tertiary alicyclic amines) is 1. The number of ketones is 1. The standard InChI is InChI=1S/C24H26FN3O2S/c1-16-8-7-9-17(2)28(16)23(30)14-27-21-13-6-5-12-20(21)26-24(27)31-15-22(29)18-10-3-4-11-19(18)25/h3-6,10-13,16-17H,7-9,14-15H2,1-2H3/t16-,17-/m1/s1. The number of amides is 1. The molecule has 162 valence electrons. The van der Waals surface area contributed by atoms with Crippen LogP contribution in [-0.4, -0.2) is 44.0 Å². The van der Waals surface area contributed by atoms with Gasteiger partial charge >= 0.3 is 0 Å². The second-order valence-electron chi connectivity index (χ2n) is 8.09. The fourth-order valence-electron chi connectivity index (χ4n) is 4.34. The number of Topliss-reactive ketones (excluding diaryl/α,β-unsaturated/α-hetero) is 1. The van der Waals surface area contributed by atoms with Crippen LogP contribution >= 0.6 is 11.8 Å². The molecule has 4 rings (SSSR count). The van der Waals surface area contributed by atoms with Gasteiger partial charge in [-0.1, -0.05) is 36.0 Å². The molecule has 0 bridgehead atoms. The maximum absolute atomic E-state index is 14.0. The molecule has 1 amide bonds. The molecule has 2 aromatic carbocycles. The van der Waals surface area contributed by atoms with Crippen molar-refractivity contribution >= 4 is 34.5 Å². The SMILES string of the molecule is C[C@@H]1CCC[C@@H](C)N1C(=O)Cn1c(SCC(=O)c2ccccc2F)nc2ccccc21. The highest BCUT2D eigenvalue weighted by Gasteiger charge is 2.29. The highest BCUT2D eigenvalue weighted by molar-refractivity contribution is 7.99. The Balaban J connectivity index is 1.58. The number of thioether (sulfide) groups is 1. The fourth-order valence-corrected chi connectivity index (χ4v) is 5.24. The number of carbonyl (C=O) groups is 2. The molecule has 1 aliphatic heterocycles. The van der Waals surface area contributed by atoms with E-state index in [0.29, 0.717) is 5.16 Å². The Kier molecular flexibility index (Phi) is 6.41. The van der Waals surface area contributed by atoms with Crippen molar-refractivity contribution in [3.05, 3.63) is 59.9 Å². The van der Waals surface area contributed by atoms with Gasteiger partial charge < -0.3 is 9.47 Å². The van der Waals surface area contributed by atoms with Gasteiger partial charge in [-0.15, -0.1) is 0 Å². The zero-order chi connectivity index (χ0) is 22.0. The Bertz CT molecular complexity index is 1100. The summed E-state index contributed by atoms with van der Waals surface area (Å²) in [5, 5.41) is 0.594. The first-order valence-corrected chi connectivity index (χ1v) is 11.6. The van der Waals surface area contributed by atoms with Crippen molar-refractivity contribution in [3.63, 3.8) is 0 Å². The second kappa shape index (κ2) is 9.22. The first-order chi connectivity index (χ1) is 15.0. The first kappa shape index (κ1) is 21.6. The van der Waals surface area contributed by atoms with Gasteiger partial charge in [0.15, 0.2) is 10.9 Å². The molecule has 0 N–H and O–H groups in total. The van der Waals surface area contributed by atoms with Crippen LogP contribution in [0.3, 0.4) is 0 Å². The van der Waals surface area contributed by atoms with Crippen LogP contribution in [0.5, 0.6) is 0 Å². The van der Waals surface area contributed by atoms with Crippen LogP contribution in [0.25, 0.3) is 11.0 Å². The summed E-state index contributed by atoms with van der Waals surface area (Å²) in [4.78, 5) is 32.4. The van der Waals surface area contributed by atoms with E-state index in [4.69, 9.17) is 0 Å².